The van der Waals surface area contributed by atoms with Gasteiger partial charge < -0.3 is 5.32 Å². The molecule has 0 spiro atoms. The molecule has 0 amide bonds. The summed E-state index contributed by atoms with van der Waals surface area (Å²) in [5.41, 5.74) is 2.22. The number of benzene rings is 1. The van der Waals surface area contributed by atoms with Crippen LogP contribution in [0.5, 0.6) is 0 Å². The van der Waals surface area contributed by atoms with Crippen LogP contribution in [0, 0.1) is 6.92 Å². The van der Waals surface area contributed by atoms with E-state index in [9.17, 15) is 0 Å². The average molecular weight is 273 g/mol. The van der Waals surface area contributed by atoms with Gasteiger partial charge in [0.1, 0.15) is 5.82 Å². The van der Waals surface area contributed by atoms with Crippen molar-refractivity contribution in [3.8, 4) is 0 Å². The maximum atomic E-state index is 4.59. The van der Waals surface area contributed by atoms with Crippen LogP contribution in [-0.2, 0) is 5.75 Å². The smallest absolute Gasteiger partial charge is 0.138 e. The van der Waals surface area contributed by atoms with Gasteiger partial charge in [0.05, 0.1) is 5.75 Å². The Hall–Kier alpha value is -1.39. The molecule has 0 bridgehead atoms. The van der Waals surface area contributed by atoms with Gasteiger partial charge in [-0.15, -0.1) is 11.8 Å². The molecule has 1 atom stereocenters. The van der Waals surface area contributed by atoms with Gasteiger partial charge in [-0.05, 0) is 33.0 Å². The molecule has 1 heterocycles. The molecule has 0 aliphatic rings. The van der Waals surface area contributed by atoms with Crippen LogP contribution in [-0.4, -0.2) is 17.0 Å². The van der Waals surface area contributed by atoms with Crippen LogP contribution in [0.3, 0.4) is 0 Å². The lowest BCUT2D eigenvalue weighted by Gasteiger charge is -2.13. The topological polar surface area (TPSA) is 37.8 Å². The molecule has 4 heteroatoms. The van der Waals surface area contributed by atoms with Crippen LogP contribution in [0.2, 0.25) is 0 Å². The van der Waals surface area contributed by atoms with Crippen molar-refractivity contribution in [2.75, 3.05) is 7.05 Å². The van der Waals surface area contributed by atoms with Gasteiger partial charge in [0.25, 0.3) is 0 Å². The molecule has 1 N–H and O–H groups in total. The van der Waals surface area contributed by atoms with Crippen molar-refractivity contribution < 1.29 is 0 Å². The molecule has 3 nitrogen and oxygen atoms in total. The van der Waals surface area contributed by atoms with Crippen molar-refractivity contribution in [3.05, 3.63) is 53.6 Å². The SMILES string of the molecule is CNC(C)c1cnc(CSc2ccccc2)nc1C. The van der Waals surface area contributed by atoms with Crippen LogP contribution < -0.4 is 5.32 Å². The molecule has 2 rings (SSSR count). The monoisotopic (exact) mass is 273 g/mol. The lowest BCUT2D eigenvalue weighted by molar-refractivity contribution is 0.639. The quantitative estimate of drug-likeness (QED) is 0.848. The highest BCUT2D eigenvalue weighted by Crippen LogP contribution is 2.21. The average Bonchev–Trinajstić information content (AvgIpc) is 2.45. The van der Waals surface area contributed by atoms with Crippen molar-refractivity contribution in [2.45, 2.75) is 30.5 Å². The van der Waals surface area contributed by atoms with Crippen LogP contribution in [0.1, 0.15) is 30.0 Å². The molecule has 2 aromatic rings. The molecule has 1 aromatic heterocycles. The number of aromatic nitrogens is 2. The first-order valence-electron chi connectivity index (χ1n) is 6.38. The zero-order valence-electron chi connectivity index (χ0n) is 11.6. The van der Waals surface area contributed by atoms with E-state index >= 15 is 0 Å². The summed E-state index contributed by atoms with van der Waals surface area (Å²) < 4.78 is 0. The minimum absolute atomic E-state index is 0.288. The summed E-state index contributed by atoms with van der Waals surface area (Å²) in [6.07, 6.45) is 1.93. The number of aryl methyl sites for hydroxylation is 1. The van der Waals surface area contributed by atoms with Crippen molar-refractivity contribution in [2.24, 2.45) is 0 Å². The van der Waals surface area contributed by atoms with Crippen molar-refractivity contribution >= 4 is 11.8 Å². The Kier molecular flexibility index (Phi) is 4.93. The molecule has 19 heavy (non-hydrogen) atoms. The maximum Gasteiger partial charge on any atom is 0.138 e. The number of nitrogens with one attached hydrogen (secondary N) is 1. The van der Waals surface area contributed by atoms with E-state index in [1.807, 2.05) is 38.4 Å². The van der Waals surface area contributed by atoms with E-state index in [4.69, 9.17) is 0 Å². The van der Waals surface area contributed by atoms with Gasteiger partial charge in [0, 0.05) is 28.4 Å². The Labute approximate surface area is 118 Å². The van der Waals surface area contributed by atoms with E-state index in [0.717, 1.165) is 22.8 Å². The Morgan fingerprint density at radius 3 is 2.63 bits per heavy atom. The lowest BCUT2D eigenvalue weighted by atomic mass is 10.1. The first-order valence-corrected chi connectivity index (χ1v) is 7.37. The van der Waals surface area contributed by atoms with E-state index in [-0.39, 0.29) is 6.04 Å². The minimum Gasteiger partial charge on any atom is -0.313 e. The Morgan fingerprint density at radius 2 is 2.00 bits per heavy atom. The third-order valence-corrected chi connectivity index (χ3v) is 4.09. The molecule has 0 aliphatic heterocycles. The number of hydrogen-bond acceptors (Lipinski definition) is 4. The molecule has 0 saturated carbocycles. The predicted octanol–water partition coefficient (Wildman–Crippen LogP) is 3.36. The summed E-state index contributed by atoms with van der Waals surface area (Å²) in [4.78, 5) is 10.3. The van der Waals surface area contributed by atoms with E-state index < -0.39 is 0 Å². The summed E-state index contributed by atoms with van der Waals surface area (Å²) in [6, 6.07) is 10.6. The molecule has 100 valence electrons. The lowest BCUT2D eigenvalue weighted by Crippen LogP contribution is -2.15. The number of nitrogens with zero attached hydrogens (tertiary/aromatic N) is 2. The first-order chi connectivity index (χ1) is 9.20. The summed E-state index contributed by atoms with van der Waals surface area (Å²) in [6.45, 7) is 4.16. The molecule has 0 aliphatic carbocycles. The number of hydrogen-bond donors (Lipinski definition) is 1. The van der Waals surface area contributed by atoms with Gasteiger partial charge in [0.15, 0.2) is 0 Å². The summed E-state index contributed by atoms with van der Waals surface area (Å²) in [5.74, 6) is 1.69. The molecule has 1 aromatic carbocycles. The second kappa shape index (κ2) is 6.68. The predicted molar refractivity (Wildman–Crippen MR) is 80.2 cm³/mol. The molecule has 0 fully saturated rings. The molecule has 0 saturated heterocycles. The fourth-order valence-electron chi connectivity index (χ4n) is 1.84. The highest BCUT2D eigenvalue weighted by atomic mass is 32.2. The van der Waals surface area contributed by atoms with E-state index in [2.05, 4.69) is 34.3 Å². The standard InChI is InChI=1S/C15H19N3S/c1-11(16-3)14-9-17-15(18-12(14)2)10-19-13-7-5-4-6-8-13/h4-9,11,16H,10H2,1-3H3. The van der Waals surface area contributed by atoms with Gasteiger partial charge in [-0.25, -0.2) is 9.97 Å². The fourth-order valence-corrected chi connectivity index (χ4v) is 2.62. The Balaban J connectivity index is 2.04. The summed E-state index contributed by atoms with van der Waals surface area (Å²) in [7, 11) is 1.95. The van der Waals surface area contributed by atoms with Crippen molar-refractivity contribution in [1.82, 2.24) is 15.3 Å². The van der Waals surface area contributed by atoms with E-state index in [0.29, 0.717) is 0 Å². The van der Waals surface area contributed by atoms with Crippen LogP contribution in [0.25, 0.3) is 0 Å². The summed E-state index contributed by atoms with van der Waals surface area (Å²) >= 11 is 1.76. The van der Waals surface area contributed by atoms with Gasteiger partial charge in [-0.3, -0.25) is 0 Å². The van der Waals surface area contributed by atoms with Crippen LogP contribution in [0.15, 0.2) is 41.4 Å². The third kappa shape index (κ3) is 3.78. The molecular weight excluding hydrogens is 254 g/mol. The van der Waals surface area contributed by atoms with Crippen molar-refractivity contribution in [3.63, 3.8) is 0 Å². The van der Waals surface area contributed by atoms with E-state index in [1.165, 1.54) is 4.90 Å². The third-order valence-electron chi connectivity index (χ3n) is 3.08. The molecule has 1 unspecified atom stereocenters. The zero-order valence-corrected chi connectivity index (χ0v) is 12.4. The largest absolute Gasteiger partial charge is 0.313 e. The second-order valence-electron chi connectivity index (χ2n) is 4.44. The number of thioether (sulfide) groups is 1. The minimum atomic E-state index is 0.288. The van der Waals surface area contributed by atoms with Crippen molar-refractivity contribution in [1.29, 1.82) is 0 Å². The van der Waals surface area contributed by atoms with Gasteiger partial charge in [0.2, 0.25) is 0 Å². The highest BCUT2D eigenvalue weighted by molar-refractivity contribution is 7.98. The first kappa shape index (κ1) is 14.0. The van der Waals surface area contributed by atoms with Crippen LogP contribution >= 0.6 is 11.8 Å². The van der Waals surface area contributed by atoms with Gasteiger partial charge in [-0.2, -0.15) is 0 Å². The molecule has 0 radical (unpaired) electrons. The maximum absolute atomic E-state index is 4.59. The van der Waals surface area contributed by atoms with Gasteiger partial charge in [-0.1, -0.05) is 18.2 Å². The highest BCUT2D eigenvalue weighted by Gasteiger charge is 2.09. The Bertz CT molecular complexity index is 528. The zero-order chi connectivity index (χ0) is 13.7. The van der Waals surface area contributed by atoms with Gasteiger partial charge >= 0.3 is 0 Å². The fraction of sp³-hybridized carbons (Fsp3) is 0.333. The van der Waals surface area contributed by atoms with Crippen LogP contribution in [0.4, 0.5) is 0 Å². The number of rotatable bonds is 5. The Morgan fingerprint density at radius 1 is 1.26 bits per heavy atom. The molecular formula is C15H19N3S. The normalized spacial score (nSPS) is 12.4. The second-order valence-corrected chi connectivity index (χ2v) is 5.49. The summed E-state index contributed by atoms with van der Waals surface area (Å²) in [5, 5.41) is 3.21. The van der Waals surface area contributed by atoms with E-state index in [1.54, 1.807) is 11.8 Å².